The molecular formula is C13H28ClNO. The van der Waals surface area contributed by atoms with Gasteiger partial charge in [-0.05, 0) is 24.7 Å². The monoisotopic (exact) mass is 249 g/mol. The normalized spacial score (nSPS) is 13.7. The van der Waals surface area contributed by atoms with Crippen LogP contribution in [-0.2, 0) is 4.74 Å². The minimum atomic E-state index is 0.426. The van der Waals surface area contributed by atoms with Crippen molar-refractivity contribution in [1.82, 2.24) is 5.32 Å². The van der Waals surface area contributed by atoms with Gasteiger partial charge < -0.3 is 10.1 Å². The molecule has 0 saturated carbocycles. The summed E-state index contributed by atoms with van der Waals surface area (Å²) in [6, 6.07) is 0.426. The Bertz CT molecular complexity index is 151. The Morgan fingerprint density at radius 1 is 1.06 bits per heavy atom. The first kappa shape index (κ1) is 16.2. The molecule has 1 N–H and O–H groups in total. The molecule has 0 fully saturated rings. The highest BCUT2D eigenvalue weighted by Crippen LogP contribution is 2.05. The van der Waals surface area contributed by atoms with Gasteiger partial charge in [0.05, 0.1) is 6.61 Å². The lowest BCUT2D eigenvalue weighted by Crippen LogP contribution is -2.34. The summed E-state index contributed by atoms with van der Waals surface area (Å²) in [5.41, 5.74) is 0. The molecule has 0 aromatic heterocycles. The highest BCUT2D eigenvalue weighted by Gasteiger charge is 2.08. The molecule has 0 aromatic carbocycles. The van der Waals surface area contributed by atoms with Gasteiger partial charge in [0.2, 0.25) is 0 Å². The van der Waals surface area contributed by atoms with E-state index in [9.17, 15) is 0 Å². The minimum Gasteiger partial charge on any atom is -0.380 e. The van der Waals surface area contributed by atoms with Crippen LogP contribution in [0, 0.1) is 11.8 Å². The maximum atomic E-state index is 5.89. The van der Waals surface area contributed by atoms with Crippen molar-refractivity contribution in [3.8, 4) is 0 Å². The molecule has 0 aliphatic carbocycles. The lowest BCUT2D eigenvalue weighted by Gasteiger charge is -2.18. The van der Waals surface area contributed by atoms with Crippen LogP contribution in [0.1, 0.15) is 40.5 Å². The molecule has 0 heterocycles. The average Bonchev–Trinajstić information content (AvgIpc) is 2.20. The molecule has 0 radical (unpaired) electrons. The van der Waals surface area contributed by atoms with Gasteiger partial charge in [-0.1, -0.05) is 27.7 Å². The van der Waals surface area contributed by atoms with Gasteiger partial charge in [0.25, 0.3) is 0 Å². The zero-order chi connectivity index (χ0) is 12.4. The molecule has 98 valence electrons. The Hall–Kier alpha value is 0.210. The maximum absolute atomic E-state index is 5.89. The average molecular weight is 250 g/mol. The van der Waals surface area contributed by atoms with Gasteiger partial charge in [-0.15, -0.1) is 11.6 Å². The topological polar surface area (TPSA) is 21.3 Å². The molecule has 0 aliphatic rings. The quantitative estimate of drug-likeness (QED) is 0.474. The van der Waals surface area contributed by atoms with Gasteiger partial charge in [0.15, 0.2) is 0 Å². The number of nitrogens with one attached hydrogen (secondary N) is 1. The van der Waals surface area contributed by atoms with Crippen molar-refractivity contribution in [2.75, 3.05) is 25.6 Å². The van der Waals surface area contributed by atoms with Crippen molar-refractivity contribution in [3.05, 3.63) is 0 Å². The van der Waals surface area contributed by atoms with Crippen molar-refractivity contribution in [1.29, 1.82) is 0 Å². The minimum absolute atomic E-state index is 0.426. The number of hydrogen-bond acceptors (Lipinski definition) is 2. The fourth-order valence-electron chi connectivity index (χ4n) is 1.53. The first-order chi connectivity index (χ1) is 7.56. The second-order valence-electron chi connectivity index (χ2n) is 5.23. The summed E-state index contributed by atoms with van der Waals surface area (Å²) < 4.78 is 5.54. The van der Waals surface area contributed by atoms with Crippen LogP contribution in [0.15, 0.2) is 0 Å². The fraction of sp³-hybridized carbons (Fsp3) is 1.00. The second-order valence-corrected chi connectivity index (χ2v) is 5.54. The maximum Gasteiger partial charge on any atom is 0.0591 e. The van der Waals surface area contributed by atoms with Crippen LogP contribution in [0.25, 0.3) is 0 Å². The van der Waals surface area contributed by atoms with Crippen LogP contribution in [0.3, 0.4) is 0 Å². The molecule has 1 unspecified atom stereocenters. The molecule has 0 saturated heterocycles. The lowest BCUT2D eigenvalue weighted by atomic mass is 10.1. The Balaban J connectivity index is 3.34. The summed E-state index contributed by atoms with van der Waals surface area (Å²) in [4.78, 5) is 0. The van der Waals surface area contributed by atoms with E-state index in [-0.39, 0.29) is 0 Å². The molecule has 0 aliphatic heterocycles. The first-order valence-corrected chi connectivity index (χ1v) is 6.96. The van der Waals surface area contributed by atoms with Crippen molar-refractivity contribution in [2.45, 2.75) is 46.6 Å². The standard InChI is InChI=1S/C13H28ClNO/c1-11(2)5-7-16-8-6-15-13(10-14)9-12(3)4/h11-13,15H,5-10H2,1-4H3. The molecular weight excluding hydrogens is 222 g/mol. The van der Waals surface area contributed by atoms with E-state index in [1.807, 2.05) is 0 Å². The molecule has 0 aromatic rings. The highest BCUT2D eigenvalue weighted by molar-refractivity contribution is 6.18. The largest absolute Gasteiger partial charge is 0.380 e. The third-order valence-corrected chi connectivity index (χ3v) is 2.83. The summed E-state index contributed by atoms with van der Waals surface area (Å²) >= 11 is 5.89. The summed E-state index contributed by atoms with van der Waals surface area (Å²) in [7, 11) is 0. The number of alkyl halides is 1. The van der Waals surface area contributed by atoms with Gasteiger partial charge in [0.1, 0.15) is 0 Å². The van der Waals surface area contributed by atoms with Crippen LogP contribution in [0.4, 0.5) is 0 Å². The van der Waals surface area contributed by atoms with E-state index >= 15 is 0 Å². The molecule has 1 atom stereocenters. The lowest BCUT2D eigenvalue weighted by molar-refractivity contribution is 0.123. The third kappa shape index (κ3) is 10.7. The summed E-state index contributed by atoms with van der Waals surface area (Å²) in [5.74, 6) is 2.10. The summed E-state index contributed by atoms with van der Waals surface area (Å²) in [6.07, 6.45) is 2.28. The van der Waals surface area contributed by atoms with E-state index in [2.05, 4.69) is 33.0 Å². The van der Waals surface area contributed by atoms with E-state index in [4.69, 9.17) is 16.3 Å². The molecule has 0 amide bonds. The van der Waals surface area contributed by atoms with E-state index in [1.165, 1.54) is 0 Å². The van der Waals surface area contributed by atoms with Crippen LogP contribution in [-0.4, -0.2) is 31.7 Å². The number of halogens is 1. The molecule has 2 nitrogen and oxygen atoms in total. The predicted molar refractivity (Wildman–Crippen MR) is 72.2 cm³/mol. The molecule has 0 spiro atoms. The van der Waals surface area contributed by atoms with Gasteiger partial charge in [-0.25, -0.2) is 0 Å². The number of hydrogen-bond donors (Lipinski definition) is 1. The van der Waals surface area contributed by atoms with E-state index in [0.29, 0.717) is 17.8 Å². The van der Waals surface area contributed by atoms with E-state index < -0.39 is 0 Å². The van der Waals surface area contributed by atoms with Crippen LogP contribution >= 0.6 is 11.6 Å². The SMILES string of the molecule is CC(C)CCOCCNC(CCl)CC(C)C. The van der Waals surface area contributed by atoms with Gasteiger partial charge >= 0.3 is 0 Å². The Kier molecular flexibility index (Phi) is 10.5. The van der Waals surface area contributed by atoms with Crippen molar-refractivity contribution in [3.63, 3.8) is 0 Å². The first-order valence-electron chi connectivity index (χ1n) is 6.43. The van der Waals surface area contributed by atoms with Crippen molar-refractivity contribution >= 4 is 11.6 Å². The zero-order valence-corrected chi connectivity index (χ0v) is 12.0. The Morgan fingerprint density at radius 3 is 2.25 bits per heavy atom. The van der Waals surface area contributed by atoms with Crippen LogP contribution in [0.2, 0.25) is 0 Å². The summed E-state index contributed by atoms with van der Waals surface area (Å²) in [5, 5.41) is 3.43. The fourth-order valence-corrected chi connectivity index (χ4v) is 1.76. The zero-order valence-electron chi connectivity index (χ0n) is 11.3. The van der Waals surface area contributed by atoms with E-state index in [0.717, 1.165) is 38.5 Å². The second kappa shape index (κ2) is 10.4. The molecule has 0 rings (SSSR count). The van der Waals surface area contributed by atoms with Gasteiger partial charge in [0, 0.05) is 25.1 Å². The summed E-state index contributed by atoms with van der Waals surface area (Å²) in [6.45, 7) is 11.4. The van der Waals surface area contributed by atoms with Gasteiger partial charge in [-0.3, -0.25) is 0 Å². The van der Waals surface area contributed by atoms with Crippen molar-refractivity contribution < 1.29 is 4.74 Å². The van der Waals surface area contributed by atoms with E-state index in [1.54, 1.807) is 0 Å². The Morgan fingerprint density at radius 2 is 1.75 bits per heavy atom. The predicted octanol–water partition coefficient (Wildman–Crippen LogP) is 3.29. The molecule has 0 bridgehead atoms. The van der Waals surface area contributed by atoms with Crippen molar-refractivity contribution in [2.24, 2.45) is 11.8 Å². The van der Waals surface area contributed by atoms with Crippen LogP contribution in [0.5, 0.6) is 0 Å². The third-order valence-electron chi connectivity index (χ3n) is 2.46. The molecule has 3 heteroatoms. The Labute approximate surface area is 106 Å². The number of ether oxygens (including phenoxy) is 1. The smallest absolute Gasteiger partial charge is 0.0591 e. The van der Waals surface area contributed by atoms with Gasteiger partial charge in [-0.2, -0.15) is 0 Å². The highest BCUT2D eigenvalue weighted by atomic mass is 35.5. The van der Waals surface area contributed by atoms with Crippen LogP contribution < -0.4 is 5.32 Å². The molecule has 16 heavy (non-hydrogen) atoms. The number of rotatable bonds is 10.